The molecule has 0 aromatic carbocycles. The average molecular weight is 342 g/mol. The number of thioether (sulfide) groups is 1. The van der Waals surface area contributed by atoms with Crippen molar-refractivity contribution in [3.63, 3.8) is 0 Å². The molecule has 0 bridgehead atoms. The summed E-state index contributed by atoms with van der Waals surface area (Å²) in [5, 5.41) is 15.4. The van der Waals surface area contributed by atoms with Crippen LogP contribution in [0.5, 0.6) is 0 Å². The molecule has 2 rings (SSSR count). The molecule has 0 spiro atoms. The van der Waals surface area contributed by atoms with E-state index in [9.17, 15) is 19.5 Å². The van der Waals surface area contributed by atoms with Crippen molar-refractivity contribution in [2.45, 2.75) is 69.2 Å². The molecule has 130 valence electrons. The zero-order valence-corrected chi connectivity index (χ0v) is 14.4. The molecule has 2 aliphatic heterocycles. The maximum Gasteiger partial charge on any atom is 0.315 e. The summed E-state index contributed by atoms with van der Waals surface area (Å²) in [6.45, 7) is 2.06. The van der Waals surface area contributed by atoms with E-state index in [1.54, 1.807) is 0 Å². The standard InChI is InChI=1S/C16H26N2O4S/c1-2-3-4-7-12(19)10(15(20)21)6-5-8-13-14-11(9-23-13)17-16(22)18-14/h10-11,13-14H,2-9H2,1H3,(H,20,21)(H2,17,18,22)/t10?,11-,13-,14-/m0/s1. The van der Waals surface area contributed by atoms with Crippen molar-refractivity contribution in [3.05, 3.63) is 0 Å². The van der Waals surface area contributed by atoms with Gasteiger partial charge in [-0.05, 0) is 19.3 Å². The molecule has 0 radical (unpaired) electrons. The van der Waals surface area contributed by atoms with Gasteiger partial charge < -0.3 is 15.7 Å². The topological polar surface area (TPSA) is 95.5 Å². The lowest BCUT2D eigenvalue weighted by molar-refractivity contribution is -0.146. The van der Waals surface area contributed by atoms with Crippen molar-refractivity contribution < 1.29 is 19.5 Å². The molecule has 2 fully saturated rings. The number of rotatable bonds is 10. The van der Waals surface area contributed by atoms with Crippen LogP contribution in [0.1, 0.15) is 51.9 Å². The van der Waals surface area contributed by atoms with Gasteiger partial charge in [0, 0.05) is 17.4 Å². The van der Waals surface area contributed by atoms with Gasteiger partial charge in [-0.2, -0.15) is 11.8 Å². The summed E-state index contributed by atoms with van der Waals surface area (Å²) in [5.41, 5.74) is 0. The molecule has 0 aromatic heterocycles. The highest BCUT2D eigenvalue weighted by Crippen LogP contribution is 2.33. The first-order chi connectivity index (χ1) is 11.0. The molecular formula is C16H26N2O4S. The summed E-state index contributed by atoms with van der Waals surface area (Å²) in [7, 11) is 0. The maximum atomic E-state index is 12.1. The lowest BCUT2D eigenvalue weighted by Crippen LogP contribution is -2.37. The van der Waals surface area contributed by atoms with E-state index in [1.165, 1.54) is 0 Å². The average Bonchev–Trinajstić information content (AvgIpc) is 3.03. The summed E-state index contributed by atoms with van der Waals surface area (Å²) < 4.78 is 0. The summed E-state index contributed by atoms with van der Waals surface area (Å²) in [5.74, 6) is -1.12. The number of fused-ring (bicyclic) bond motifs is 1. The Morgan fingerprint density at radius 3 is 2.78 bits per heavy atom. The van der Waals surface area contributed by atoms with Crippen LogP contribution in [0.15, 0.2) is 0 Å². The quantitative estimate of drug-likeness (QED) is 0.321. The van der Waals surface area contributed by atoms with Crippen LogP contribution in [-0.2, 0) is 9.59 Å². The Bertz CT molecular complexity index is 457. The number of hydrogen-bond acceptors (Lipinski definition) is 4. The maximum absolute atomic E-state index is 12.1. The van der Waals surface area contributed by atoms with Crippen molar-refractivity contribution in [1.29, 1.82) is 0 Å². The van der Waals surface area contributed by atoms with Crippen LogP contribution >= 0.6 is 11.8 Å². The fraction of sp³-hybridized carbons (Fsp3) is 0.812. The predicted molar refractivity (Wildman–Crippen MR) is 89.6 cm³/mol. The van der Waals surface area contributed by atoms with Gasteiger partial charge in [0.05, 0.1) is 12.1 Å². The van der Waals surface area contributed by atoms with Crippen LogP contribution in [0.25, 0.3) is 0 Å². The minimum absolute atomic E-state index is 0.111. The molecule has 1 unspecified atom stereocenters. The van der Waals surface area contributed by atoms with Crippen LogP contribution in [0.2, 0.25) is 0 Å². The van der Waals surface area contributed by atoms with E-state index in [-0.39, 0.29) is 23.9 Å². The highest BCUT2D eigenvalue weighted by molar-refractivity contribution is 8.00. The number of amides is 2. The molecule has 4 atom stereocenters. The van der Waals surface area contributed by atoms with Crippen LogP contribution in [-0.4, -0.2) is 46.0 Å². The molecule has 23 heavy (non-hydrogen) atoms. The van der Waals surface area contributed by atoms with Crippen LogP contribution in [0, 0.1) is 5.92 Å². The third-order valence-electron chi connectivity index (χ3n) is 4.63. The second kappa shape index (κ2) is 8.57. The number of aliphatic carboxylic acids is 1. The minimum Gasteiger partial charge on any atom is -0.481 e. The molecule has 2 heterocycles. The fourth-order valence-electron chi connectivity index (χ4n) is 3.31. The zero-order chi connectivity index (χ0) is 16.8. The van der Waals surface area contributed by atoms with Crippen molar-refractivity contribution in [2.24, 2.45) is 5.92 Å². The molecule has 3 N–H and O–H groups in total. The number of ketones is 1. The molecule has 2 amide bonds. The van der Waals surface area contributed by atoms with Gasteiger partial charge in [0.25, 0.3) is 0 Å². The molecular weight excluding hydrogens is 316 g/mol. The monoisotopic (exact) mass is 342 g/mol. The Hall–Kier alpha value is -1.24. The number of nitrogens with one attached hydrogen (secondary N) is 2. The largest absolute Gasteiger partial charge is 0.481 e. The van der Waals surface area contributed by atoms with Gasteiger partial charge in [0.1, 0.15) is 11.7 Å². The highest BCUT2D eigenvalue weighted by Gasteiger charge is 2.42. The SMILES string of the molecule is CCCCCC(=O)C(CCC[C@@H]1SC[C@@H]2NC(=O)N[C@@H]21)C(=O)O. The third kappa shape index (κ3) is 4.86. The first kappa shape index (κ1) is 18.1. The van der Waals surface area contributed by atoms with Gasteiger partial charge in [-0.3, -0.25) is 9.59 Å². The molecule has 0 aromatic rings. The number of Topliss-reactive ketones (excluding diaryl/α,β-unsaturated/α-hetero) is 1. The number of unbranched alkanes of at least 4 members (excludes halogenated alkanes) is 2. The lowest BCUT2D eigenvalue weighted by atomic mass is 9.92. The molecule has 2 saturated heterocycles. The van der Waals surface area contributed by atoms with Gasteiger partial charge in [0.15, 0.2) is 0 Å². The summed E-state index contributed by atoms with van der Waals surface area (Å²) in [6.07, 6.45) is 5.06. The van der Waals surface area contributed by atoms with Crippen LogP contribution in [0.4, 0.5) is 4.79 Å². The van der Waals surface area contributed by atoms with E-state index < -0.39 is 11.9 Å². The second-order valence-electron chi connectivity index (χ2n) is 6.37. The van der Waals surface area contributed by atoms with Gasteiger partial charge in [-0.25, -0.2) is 4.79 Å². The smallest absolute Gasteiger partial charge is 0.315 e. The first-order valence-electron chi connectivity index (χ1n) is 8.47. The Labute approximate surface area is 141 Å². The van der Waals surface area contributed by atoms with E-state index in [4.69, 9.17) is 0 Å². The Morgan fingerprint density at radius 2 is 2.09 bits per heavy atom. The highest BCUT2D eigenvalue weighted by atomic mass is 32.2. The second-order valence-corrected chi connectivity index (χ2v) is 7.64. The number of carbonyl (C=O) groups is 3. The molecule has 7 heteroatoms. The number of carbonyl (C=O) groups excluding carboxylic acids is 2. The van der Waals surface area contributed by atoms with Gasteiger partial charge in [-0.15, -0.1) is 0 Å². The summed E-state index contributed by atoms with van der Waals surface area (Å²) in [4.78, 5) is 34.7. The van der Waals surface area contributed by atoms with E-state index in [2.05, 4.69) is 17.6 Å². The van der Waals surface area contributed by atoms with E-state index in [0.717, 1.165) is 31.4 Å². The van der Waals surface area contributed by atoms with Crippen molar-refractivity contribution in [1.82, 2.24) is 10.6 Å². The van der Waals surface area contributed by atoms with E-state index in [1.807, 2.05) is 11.8 Å². The van der Waals surface area contributed by atoms with Crippen LogP contribution in [0.3, 0.4) is 0 Å². The van der Waals surface area contributed by atoms with E-state index >= 15 is 0 Å². The molecule has 0 saturated carbocycles. The summed E-state index contributed by atoms with van der Waals surface area (Å²) >= 11 is 1.81. The normalized spacial score (nSPS) is 27.2. The fourth-order valence-corrected chi connectivity index (χ4v) is 4.86. The Morgan fingerprint density at radius 1 is 1.30 bits per heavy atom. The number of hydrogen-bond donors (Lipinski definition) is 3. The summed E-state index contributed by atoms with van der Waals surface area (Å²) in [6, 6.07) is 0.208. The van der Waals surface area contributed by atoms with Crippen molar-refractivity contribution >= 4 is 29.5 Å². The van der Waals surface area contributed by atoms with Crippen molar-refractivity contribution in [2.75, 3.05) is 5.75 Å². The van der Waals surface area contributed by atoms with Gasteiger partial charge in [-0.1, -0.05) is 26.2 Å². The van der Waals surface area contributed by atoms with E-state index in [0.29, 0.717) is 24.5 Å². The zero-order valence-electron chi connectivity index (χ0n) is 13.5. The number of carboxylic acids is 1. The number of urea groups is 1. The molecule has 0 aliphatic carbocycles. The predicted octanol–water partition coefficient (Wildman–Crippen LogP) is 2.17. The Kier molecular flexibility index (Phi) is 6.74. The first-order valence-corrected chi connectivity index (χ1v) is 9.52. The number of carboxylic acid groups (broad SMARTS) is 1. The van der Waals surface area contributed by atoms with Crippen molar-refractivity contribution in [3.8, 4) is 0 Å². The lowest BCUT2D eigenvalue weighted by Gasteiger charge is -2.17. The van der Waals surface area contributed by atoms with Gasteiger partial charge >= 0.3 is 12.0 Å². The Balaban J connectivity index is 1.75. The minimum atomic E-state index is -1.00. The van der Waals surface area contributed by atoms with Crippen LogP contribution < -0.4 is 10.6 Å². The van der Waals surface area contributed by atoms with Gasteiger partial charge in [0.2, 0.25) is 0 Å². The molecule has 2 aliphatic rings. The third-order valence-corrected chi connectivity index (χ3v) is 6.14. The molecule has 6 nitrogen and oxygen atoms in total.